The minimum absolute atomic E-state index is 0.361. The van der Waals surface area contributed by atoms with Gasteiger partial charge >= 0.3 is 12.2 Å². The fourth-order valence-electron chi connectivity index (χ4n) is 0.105. The Labute approximate surface area is 62.4 Å². The van der Waals surface area contributed by atoms with E-state index >= 15 is 0 Å². The highest BCUT2D eigenvalue weighted by atomic mass is 16.5. The third-order valence-electron chi connectivity index (χ3n) is 0.385. The number of carboxylic acid groups (broad SMARTS) is 1. The number of methoxy groups -OCH3 is 1. The molecule has 0 rings (SSSR count). The van der Waals surface area contributed by atoms with Crippen molar-refractivity contribution in [3.05, 3.63) is 0 Å². The molecule has 0 radical (unpaired) electrons. The number of hydrogen-bond donors (Lipinski definition) is 4. The maximum Gasteiger partial charge on any atom is 0.438 e. The lowest BCUT2D eigenvalue weighted by molar-refractivity contribution is 0.124. The number of carbonyl (C=O) groups is 2. The number of rotatable bonds is 0. The average molecular weight is 166 g/mol. The van der Waals surface area contributed by atoms with Crippen LogP contribution in [-0.4, -0.2) is 29.5 Å². The van der Waals surface area contributed by atoms with Gasteiger partial charge in [0.15, 0.2) is 0 Å². The molecule has 0 saturated heterocycles. The largest absolute Gasteiger partial charge is 0.465 e. The summed E-state index contributed by atoms with van der Waals surface area (Å²) >= 11 is 0. The van der Waals surface area contributed by atoms with Gasteiger partial charge in [-0.1, -0.05) is 0 Å². The minimum atomic E-state index is -1.33. The molecule has 2 amide bonds. The van der Waals surface area contributed by atoms with E-state index in [0.29, 0.717) is 5.12 Å². The SMILES string of the molecule is COC(=O)N(N)N.NC(=O)O. The molecule has 0 fully saturated rings. The third kappa shape index (κ3) is 17.7. The zero-order valence-corrected chi connectivity index (χ0v) is 5.85. The molecule has 0 spiro atoms. The predicted octanol–water partition coefficient (Wildman–Crippen LogP) is -1.57. The Morgan fingerprint density at radius 1 is 1.45 bits per heavy atom. The molecule has 0 aliphatic carbocycles. The smallest absolute Gasteiger partial charge is 0.438 e. The van der Waals surface area contributed by atoms with Crippen LogP contribution in [0, 0.1) is 0 Å². The number of hydrazine groups is 2. The van der Waals surface area contributed by atoms with Crippen molar-refractivity contribution >= 4 is 12.2 Å². The Kier molecular flexibility index (Phi) is 7.28. The third-order valence-corrected chi connectivity index (χ3v) is 0.385. The number of hydrogen-bond acceptors (Lipinski definition) is 5. The highest BCUT2D eigenvalue weighted by Crippen LogP contribution is 1.71. The summed E-state index contributed by atoms with van der Waals surface area (Å²) in [7, 11) is 1.19. The second kappa shape index (κ2) is 6.58. The van der Waals surface area contributed by atoms with Crippen LogP contribution in [0.25, 0.3) is 0 Å². The number of nitrogens with two attached hydrogens (primary N) is 3. The minimum Gasteiger partial charge on any atom is -0.465 e. The Hall–Kier alpha value is -1.54. The van der Waals surface area contributed by atoms with Gasteiger partial charge in [-0.2, -0.15) is 5.12 Å². The van der Waals surface area contributed by atoms with Gasteiger partial charge in [-0.15, -0.1) is 0 Å². The molecule has 0 aliphatic heterocycles. The number of nitrogens with zero attached hydrogens (tertiary/aromatic N) is 1. The van der Waals surface area contributed by atoms with Gasteiger partial charge < -0.3 is 15.6 Å². The molecule has 0 atom stereocenters. The van der Waals surface area contributed by atoms with E-state index in [4.69, 9.17) is 9.90 Å². The lowest BCUT2D eigenvalue weighted by Gasteiger charge is -2.04. The van der Waals surface area contributed by atoms with Crippen molar-refractivity contribution in [2.45, 2.75) is 0 Å². The Morgan fingerprint density at radius 2 is 1.73 bits per heavy atom. The van der Waals surface area contributed by atoms with E-state index in [2.05, 4.69) is 22.2 Å². The quantitative estimate of drug-likeness (QED) is 0.194. The lowest BCUT2D eigenvalue weighted by atomic mass is 11.2. The number of primary amides is 1. The molecule has 0 heterocycles. The van der Waals surface area contributed by atoms with E-state index in [9.17, 15) is 4.79 Å². The molecule has 0 unspecified atom stereocenters. The van der Waals surface area contributed by atoms with Gasteiger partial charge in [0.1, 0.15) is 0 Å². The number of ether oxygens (including phenoxy) is 1. The molecule has 0 aromatic heterocycles. The number of carbonyl (C=O) groups excluding carboxylic acids is 1. The topological polar surface area (TPSA) is 145 Å². The lowest BCUT2D eigenvalue weighted by Crippen LogP contribution is -2.43. The van der Waals surface area contributed by atoms with E-state index in [1.807, 2.05) is 0 Å². The zero-order chi connectivity index (χ0) is 9.44. The zero-order valence-electron chi connectivity index (χ0n) is 5.85. The Balaban J connectivity index is 0. The summed E-state index contributed by atoms with van der Waals surface area (Å²) in [6.45, 7) is 0. The van der Waals surface area contributed by atoms with Crippen molar-refractivity contribution in [3.8, 4) is 0 Å². The fraction of sp³-hybridized carbons (Fsp3) is 0.333. The molecule has 0 aromatic rings. The summed E-state index contributed by atoms with van der Waals surface area (Å²) in [6.07, 6.45) is -2.10. The van der Waals surface area contributed by atoms with E-state index in [1.165, 1.54) is 7.11 Å². The second-order valence-corrected chi connectivity index (χ2v) is 1.22. The van der Waals surface area contributed by atoms with Gasteiger partial charge in [-0.25, -0.2) is 21.3 Å². The first-order valence-electron chi connectivity index (χ1n) is 2.27. The molecule has 7 N–H and O–H groups in total. The van der Waals surface area contributed by atoms with Crippen molar-refractivity contribution in [1.29, 1.82) is 0 Å². The molecule has 0 aliphatic rings. The normalized spacial score (nSPS) is 7.18. The van der Waals surface area contributed by atoms with Crippen molar-refractivity contribution in [2.75, 3.05) is 7.11 Å². The Morgan fingerprint density at radius 3 is 1.73 bits per heavy atom. The van der Waals surface area contributed by atoms with Gasteiger partial charge in [0, 0.05) is 0 Å². The van der Waals surface area contributed by atoms with E-state index in [1.54, 1.807) is 0 Å². The van der Waals surface area contributed by atoms with Gasteiger partial charge in [0.25, 0.3) is 0 Å². The summed E-state index contributed by atoms with van der Waals surface area (Å²) < 4.78 is 4.05. The highest BCUT2D eigenvalue weighted by molar-refractivity contribution is 5.65. The van der Waals surface area contributed by atoms with Crippen LogP contribution >= 0.6 is 0 Å². The van der Waals surface area contributed by atoms with Crippen molar-refractivity contribution in [3.63, 3.8) is 0 Å². The van der Waals surface area contributed by atoms with Gasteiger partial charge in [0.2, 0.25) is 0 Å². The van der Waals surface area contributed by atoms with Crippen molar-refractivity contribution in [1.82, 2.24) is 5.12 Å². The Bertz CT molecular complexity index is 131. The van der Waals surface area contributed by atoms with Crippen LogP contribution in [0.3, 0.4) is 0 Å². The molecule has 0 bridgehead atoms. The van der Waals surface area contributed by atoms with Crippen LogP contribution in [0.2, 0.25) is 0 Å². The number of amides is 2. The van der Waals surface area contributed by atoms with Gasteiger partial charge in [-0.05, 0) is 0 Å². The molecule has 0 saturated carbocycles. The predicted molar refractivity (Wildman–Crippen MR) is 34.8 cm³/mol. The van der Waals surface area contributed by atoms with Crippen LogP contribution in [-0.2, 0) is 4.74 Å². The fourth-order valence-corrected chi connectivity index (χ4v) is 0.105. The molecule has 11 heavy (non-hydrogen) atoms. The first kappa shape index (κ1) is 12.2. The summed E-state index contributed by atoms with van der Waals surface area (Å²) in [4.78, 5) is 18.7. The summed E-state index contributed by atoms with van der Waals surface area (Å²) in [6, 6.07) is 0. The molecule has 8 heteroatoms. The summed E-state index contributed by atoms with van der Waals surface area (Å²) in [5.41, 5.74) is 4.03. The van der Waals surface area contributed by atoms with Crippen LogP contribution < -0.4 is 17.4 Å². The van der Waals surface area contributed by atoms with Crippen LogP contribution in [0.5, 0.6) is 0 Å². The van der Waals surface area contributed by atoms with E-state index in [-0.39, 0.29) is 0 Å². The maximum atomic E-state index is 9.97. The molecular weight excluding hydrogens is 156 g/mol. The van der Waals surface area contributed by atoms with Crippen LogP contribution in [0.15, 0.2) is 0 Å². The molecule has 8 nitrogen and oxygen atoms in total. The monoisotopic (exact) mass is 166 g/mol. The molecule has 0 aromatic carbocycles. The van der Waals surface area contributed by atoms with E-state index < -0.39 is 12.2 Å². The summed E-state index contributed by atoms with van der Waals surface area (Å²) in [5.74, 6) is 9.37. The first-order valence-corrected chi connectivity index (χ1v) is 2.27. The second-order valence-electron chi connectivity index (χ2n) is 1.22. The molecule has 66 valence electrons. The highest BCUT2D eigenvalue weighted by Gasteiger charge is 1.99. The van der Waals surface area contributed by atoms with Crippen LogP contribution in [0.1, 0.15) is 0 Å². The van der Waals surface area contributed by atoms with Gasteiger partial charge in [0.05, 0.1) is 7.11 Å². The van der Waals surface area contributed by atoms with Crippen LogP contribution in [0.4, 0.5) is 9.59 Å². The van der Waals surface area contributed by atoms with Crippen molar-refractivity contribution < 1.29 is 19.4 Å². The molecular formula is C3H10N4O4. The van der Waals surface area contributed by atoms with Crippen molar-refractivity contribution in [2.24, 2.45) is 17.4 Å². The maximum absolute atomic E-state index is 9.97. The standard InChI is InChI=1S/C2H7N3O2.CH3NO2/c1-7-2(6)5(3)4;2-1(3)4/h3-4H2,1H3;2H2,(H,3,4). The van der Waals surface area contributed by atoms with Gasteiger partial charge in [-0.3, -0.25) is 0 Å². The van der Waals surface area contributed by atoms with E-state index in [0.717, 1.165) is 0 Å². The average Bonchev–Trinajstić information content (AvgIpc) is 1.85. The summed E-state index contributed by atoms with van der Waals surface area (Å²) in [5, 5.41) is 7.56. The first-order chi connectivity index (χ1) is 4.91.